The molecule has 0 spiro atoms. The molecule has 12 heteroatoms. The predicted molar refractivity (Wildman–Crippen MR) is 204 cm³/mol. The van der Waals surface area contributed by atoms with Crippen molar-refractivity contribution in [3.05, 3.63) is 179 Å². The molecule has 0 aliphatic carbocycles. The van der Waals surface area contributed by atoms with E-state index < -0.39 is 67.1 Å². The van der Waals surface area contributed by atoms with Gasteiger partial charge in [0.05, 0.1) is 29.9 Å². The molecule has 5 aromatic rings. The smallest absolute Gasteiger partial charge is 0.338 e. The van der Waals surface area contributed by atoms with E-state index in [1.807, 2.05) is 60.7 Å². The first-order valence-corrected chi connectivity index (χ1v) is 18.6. The van der Waals surface area contributed by atoms with E-state index in [1.165, 1.54) is 0 Å². The number of aliphatic hydroxyl groups is 1. The molecule has 0 amide bonds. The summed E-state index contributed by atoms with van der Waals surface area (Å²) in [6, 6.07) is 44.2. The van der Waals surface area contributed by atoms with Crippen LogP contribution in [0, 0.1) is 0 Å². The van der Waals surface area contributed by atoms with Gasteiger partial charge in [0.2, 0.25) is 0 Å². The van der Waals surface area contributed by atoms with Crippen LogP contribution >= 0.6 is 0 Å². The summed E-state index contributed by atoms with van der Waals surface area (Å²) in [6.45, 7) is -0.313. The lowest BCUT2D eigenvalue weighted by Crippen LogP contribution is -2.46. The number of carbonyl (C=O) groups excluding carboxylic acids is 3. The SMILES string of the molecule is O=C(OC[C@H]1O[C@H](O[C@H]2[C@H](OC(=O)c3ccccc3)[C@@H](COC(=O)c3ccccc3)O[C@@H]2O)[C@@H](OCc2ccccc2)[C@@H]1OCc1ccccc1)c1ccccc1. The van der Waals surface area contributed by atoms with Crippen molar-refractivity contribution in [2.75, 3.05) is 13.2 Å². The van der Waals surface area contributed by atoms with Gasteiger partial charge in [0.15, 0.2) is 24.8 Å². The van der Waals surface area contributed by atoms with Crippen LogP contribution in [0.2, 0.25) is 0 Å². The summed E-state index contributed by atoms with van der Waals surface area (Å²) in [4.78, 5) is 39.4. The standard InChI is InChI=1S/C45H42O12/c46-41(32-20-10-3-11-21-32)52-28-35-37(50-26-30-16-6-1-7-17-30)40(51-27-31-18-8-2-9-19-31)45(55-35)57-39-38(56-43(48)34-24-14-5-15-25-34)36(54-44(39)49)29-53-42(47)33-22-12-4-13-23-33/h1-25,35-40,44-45,49H,26-29H2/t35-,36-,37-,38-,39+,40+,44+,45-/m1/s1. The summed E-state index contributed by atoms with van der Waals surface area (Å²) in [5.41, 5.74) is 2.64. The number of benzene rings is 5. The van der Waals surface area contributed by atoms with Crippen LogP contribution in [-0.4, -0.2) is 85.4 Å². The topological polar surface area (TPSA) is 145 Å². The van der Waals surface area contributed by atoms with Gasteiger partial charge in [-0.25, -0.2) is 14.4 Å². The van der Waals surface area contributed by atoms with Crippen LogP contribution in [0.25, 0.3) is 0 Å². The molecule has 2 fully saturated rings. The van der Waals surface area contributed by atoms with Crippen LogP contribution in [0.1, 0.15) is 42.2 Å². The van der Waals surface area contributed by atoms with Crippen molar-refractivity contribution in [1.29, 1.82) is 0 Å². The highest BCUT2D eigenvalue weighted by Gasteiger charge is 2.54. The van der Waals surface area contributed by atoms with Crippen LogP contribution in [0.15, 0.2) is 152 Å². The average molecular weight is 775 g/mol. The first kappa shape index (κ1) is 39.5. The van der Waals surface area contributed by atoms with Crippen LogP contribution in [0.4, 0.5) is 0 Å². The van der Waals surface area contributed by atoms with E-state index in [-0.39, 0.29) is 32.0 Å². The summed E-state index contributed by atoms with van der Waals surface area (Å²) >= 11 is 0. The predicted octanol–water partition coefficient (Wildman–Crippen LogP) is 5.92. The summed E-state index contributed by atoms with van der Waals surface area (Å²) in [6.07, 6.45) is -9.41. The average Bonchev–Trinajstić information content (AvgIpc) is 3.75. The van der Waals surface area contributed by atoms with E-state index in [2.05, 4.69) is 0 Å². The molecular formula is C45H42O12. The minimum absolute atomic E-state index is 0.130. The summed E-state index contributed by atoms with van der Waals surface area (Å²) in [7, 11) is 0. The van der Waals surface area contributed by atoms with Crippen LogP contribution in [0.5, 0.6) is 0 Å². The van der Waals surface area contributed by atoms with Crippen molar-refractivity contribution < 1.29 is 57.4 Å². The van der Waals surface area contributed by atoms with Gasteiger partial charge in [-0.05, 0) is 47.5 Å². The number of esters is 3. The van der Waals surface area contributed by atoms with Gasteiger partial charge in [-0.1, -0.05) is 115 Å². The van der Waals surface area contributed by atoms with Crippen LogP contribution < -0.4 is 0 Å². The van der Waals surface area contributed by atoms with Crippen molar-refractivity contribution in [3.8, 4) is 0 Å². The molecule has 0 radical (unpaired) electrons. The normalized spacial score (nSPS) is 24.1. The number of hydrogen-bond donors (Lipinski definition) is 1. The van der Waals surface area contributed by atoms with E-state index in [1.54, 1.807) is 91.0 Å². The maximum absolute atomic E-state index is 13.5. The molecule has 0 bridgehead atoms. The Morgan fingerprint density at radius 3 is 1.35 bits per heavy atom. The fourth-order valence-electron chi connectivity index (χ4n) is 6.53. The van der Waals surface area contributed by atoms with Crippen LogP contribution in [0.3, 0.4) is 0 Å². The maximum Gasteiger partial charge on any atom is 0.338 e. The Bertz CT molecular complexity index is 2020. The summed E-state index contributed by atoms with van der Waals surface area (Å²) in [5.74, 6) is -1.91. The molecule has 8 atom stereocenters. The Morgan fingerprint density at radius 2 is 0.877 bits per heavy atom. The van der Waals surface area contributed by atoms with Crippen molar-refractivity contribution in [2.45, 2.75) is 62.4 Å². The Kier molecular flexibility index (Phi) is 13.5. The third kappa shape index (κ3) is 10.4. The lowest BCUT2D eigenvalue weighted by molar-refractivity contribution is -0.243. The summed E-state index contributed by atoms with van der Waals surface area (Å²) in [5, 5.41) is 11.4. The van der Waals surface area contributed by atoms with Gasteiger partial charge in [0.25, 0.3) is 0 Å². The molecule has 294 valence electrons. The second-order valence-corrected chi connectivity index (χ2v) is 13.4. The van der Waals surface area contributed by atoms with Crippen LogP contribution in [-0.2, 0) is 51.1 Å². The van der Waals surface area contributed by atoms with Crippen molar-refractivity contribution in [2.24, 2.45) is 0 Å². The first-order valence-electron chi connectivity index (χ1n) is 18.6. The van der Waals surface area contributed by atoms with Gasteiger partial charge in [0.1, 0.15) is 37.6 Å². The van der Waals surface area contributed by atoms with E-state index in [0.717, 1.165) is 11.1 Å². The van der Waals surface area contributed by atoms with Crippen molar-refractivity contribution in [1.82, 2.24) is 0 Å². The Hall–Kier alpha value is -5.73. The molecule has 5 aromatic carbocycles. The highest BCUT2D eigenvalue weighted by Crippen LogP contribution is 2.35. The quantitative estimate of drug-likeness (QED) is 0.0938. The monoisotopic (exact) mass is 774 g/mol. The highest BCUT2D eigenvalue weighted by molar-refractivity contribution is 5.90. The fraction of sp³-hybridized carbons (Fsp3) is 0.267. The molecular weight excluding hydrogens is 732 g/mol. The minimum Gasteiger partial charge on any atom is -0.459 e. The van der Waals surface area contributed by atoms with E-state index in [4.69, 9.17) is 37.9 Å². The number of ether oxygens (including phenoxy) is 8. The van der Waals surface area contributed by atoms with Gasteiger partial charge < -0.3 is 43.0 Å². The highest BCUT2D eigenvalue weighted by atomic mass is 16.8. The van der Waals surface area contributed by atoms with Gasteiger partial charge in [0, 0.05) is 0 Å². The van der Waals surface area contributed by atoms with E-state index in [0.29, 0.717) is 11.1 Å². The molecule has 0 aromatic heterocycles. The molecule has 1 N–H and O–H groups in total. The second kappa shape index (κ2) is 19.4. The Morgan fingerprint density at radius 1 is 0.474 bits per heavy atom. The minimum atomic E-state index is -1.66. The zero-order valence-corrected chi connectivity index (χ0v) is 30.8. The van der Waals surface area contributed by atoms with Gasteiger partial charge in [-0.15, -0.1) is 0 Å². The molecule has 2 aliphatic heterocycles. The van der Waals surface area contributed by atoms with Crippen molar-refractivity contribution >= 4 is 17.9 Å². The fourth-order valence-corrected chi connectivity index (χ4v) is 6.53. The lowest BCUT2D eigenvalue weighted by Gasteiger charge is -2.29. The number of hydrogen-bond acceptors (Lipinski definition) is 12. The first-order chi connectivity index (χ1) is 27.9. The van der Waals surface area contributed by atoms with E-state index >= 15 is 0 Å². The maximum atomic E-state index is 13.5. The molecule has 0 unspecified atom stereocenters. The third-order valence-electron chi connectivity index (χ3n) is 9.44. The Labute approximate surface area is 329 Å². The molecule has 57 heavy (non-hydrogen) atoms. The van der Waals surface area contributed by atoms with Crippen molar-refractivity contribution in [3.63, 3.8) is 0 Å². The lowest BCUT2D eigenvalue weighted by atomic mass is 10.1. The second-order valence-electron chi connectivity index (χ2n) is 13.4. The van der Waals surface area contributed by atoms with Gasteiger partial charge in [-0.3, -0.25) is 0 Å². The molecule has 0 saturated carbocycles. The molecule has 12 nitrogen and oxygen atoms in total. The summed E-state index contributed by atoms with van der Waals surface area (Å²) < 4.78 is 49.0. The molecule has 2 saturated heterocycles. The zero-order valence-electron chi connectivity index (χ0n) is 30.8. The third-order valence-corrected chi connectivity index (χ3v) is 9.44. The number of carbonyl (C=O) groups is 3. The van der Waals surface area contributed by atoms with Gasteiger partial charge >= 0.3 is 17.9 Å². The molecule has 2 heterocycles. The number of aliphatic hydroxyl groups excluding tert-OH is 1. The number of rotatable bonds is 16. The van der Waals surface area contributed by atoms with E-state index in [9.17, 15) is 19.5 Å². The zero-order chi connectivity index (χ0) is 39.4. The molecule has 2 aliphatic rings. The van der Waals surface area contributed by atoms with Gasteiger partial charge in [-0.2, -0.15) is 0 Å². The Balaban J connectivity index is 1.15. The molecule has 7 rings (SSSR count). The largest absolute Gasteiger partial charge is 0.459 e.